The standard InChI is InChI=1S/C14H23NO2/c1-3-5-6-7-13(16)11-8-10(4-2)9-12(15)14(11)17/h8-9,13,16-17H,3-7,15H2,1-2H3. The fraction of sp³-hybridized carbons (Fsp3) is 0.571. The summed E-state index contributed by atoms with van der Waals surface area (Å²) in [7, 11) is 0. The van der Waals surface area contributed by atoms with Gasteiger partial charge in [-0.25, -0.2) is 0 Å². The molecular formula is C14H23NO2. The van der Waals surface area contributed by atoms with E-state index in [9.17, 15) is 10.2 Å². The molecule has 3 nitrogen and oxygen atoms in total. The molecule has 17 heavy (non-hydrogen) atoms. The first-order valence-electron chi connectivity index (χ1n) is 6.39. The van der Waals surface area contributed by atoms with Crippen LogP contribution in [0.1, 0.15) is 56.8 Å². The van der Waals surface area contributed by atoms with Crippen molar-refractivity contribution >= 4 is 5.69 Å². The van der Waals surface area contributed by atoms with E-state index in [-0.39, 0.29) is 5.75 Å². The van der Waals surface area contributed by atoms with Gasteiger partial charge in [-0.05, 0) is 30.5 Å². The second-order valence-electron chi connectivity index (χ2n) is 4.49. The van der Waals surface area contributed by atoms with Gasteiger partial charge in [-0.3, -0.25) is 0 Å². The molecule has 0 bridgehead atoms. The zero-order valence-electron chi connectivity index (χ0n) is 10.7. The van der Waals surface area contributed by atoms with Crippen LogP contribution in [0.5, 0.6) is 5.75 Å². The highest BCUT2D eigenvalue weighted by atomic mass is 16.3. The van der Waals surface area contributed by atoms with Gasteiger partial charge in [0, 0.05) is 5.56 Å². The Bertz CT molecular complexity index is 363. The minimum Gasteiger partial charge on any atom is -0.505 e. The molecule has 3 heteroatoms. The summed E-state index contributed by atoms with van der Waals surface area (Å²) in [5, 5.41) is 19.9. The highest BCUT2D eigenvalue weighted by Gasteiger charge is 2.15. The molecule has 0 aromatic heterocycles. The summed E-state index contributed by atoms with van der Waals surface area (Å²) in [5.41, 5.74) is 7.70. The molecule has 1 rings (SSSR count). The highest BCUT2D eigenvalue weighted by molar-refractivity contribution is 5.58. The Labute approximate surface area is 103 Å². The van der Waals surface area contributed by atoms with Gasteiger partial charge in [0.1, 0.15) is 5.75 Å². The van der Waals surface area contributed by atoms with Gasteiger partial charge in [0.2, 0.25) is 0 Å². The molecule has 0 radical (unpaired) electrons. The Morgan fingerprint density at radius 2 is 1.94 bits per heavy atom. The van der Waals surface area contributed by atoms with Gasteiger partial charge >= 0.3 is 0 Å². The first-order chi connectivity index (χ1) is 8.10. The smallest absolute Gasteiger partial charge is 0.144 e. The predicted molar refractivity (Wildman–Crippen MR) is 71.0 cm³/mol. The van der Waals surface area contributed by atoms with Crippen LogP contribution in [0.2, 0.25) is 0 Å². The van der Waals surface area contributed by atoms with Gasteiger partial charge < -0.3 is 15.9 Å². The number of hydrogen-bond donors (Lipinski definition) is 3. The van der Waals surface area contributed by atoms with E-state index >= 15 is 0 Å². The Kier molecular flexibility index (Phi) is 5.29. The number of hydrogen-bond acceptors (Lipinski definition) is 3. The number of benzene rings is 1. The van der Waals surface area contributed by atoms with Gasteiger partial charge in [0.05, 0.1) is 11.8 Å². The lowest BCUT2D eigenvalue weighted by Gasteiger charge is -2.15. The number of phenolic OH excluding ortho intramolecular Hbond substituents is 1. The van der Waals surface area contributed by atoms with Gasteiger partial charge in [-0.15, -0.1) is 0 Å². The van der Waals surface area contributed by atoms with Gasteiger partial charge in [-0.2, -0.15) is 0 Å². The topological polar surface area (TPSA) is 66.5 Å². The summed E-state index contributed by atoms with van der Waals surface area (Å²) in [5.74, 6) is 0.0335. The zero-order valence-corrected chi connectivity index (χ0v) is 10.7. The third-order valence-corrected chi connectivity index (χ3v) is 3.08. The lowest BCUT2D eigenvalue weighted by atomic mass is 9.98. The van der Waals surface area contributed by atoms with Crippen molar-refractivity contribution in [2.24, 2.45) is 0 Å². The summed E-state index contributed by atoms with van der Waals surface area (Å²) in [4.78, 5) is 0. The quantitative estimate of drug-likeness (QED) is 0.404. The largest absolute Gasteiger partial charge is 0.505 e. The van der Waals surface area contributed by atoms with E-state index in [0.717, 1.165) is 31.2 Å². The maximum absolute atomic E-state index is 10.1. The van der Waals surface area contributed by atoms with Crippen LogP contribution in [-0.4, -0.2) is 10.2 Å². The molecule has 0 fully saturated rings. The fourth-order valence-corrected chi connectivity index (χ4v) is 1.95. The van der Waals surface area contributed by atoms with Crippen molar-refractivity contribution in [1.82, 2.24) is 0 Å². The molecule has 0 aliphatic heterocycles. The Morgan fingerprint density at radius 1 is 1.24 bits per heavy atom. The van der Waals surface area contributed by atoms with E-state index in [4.69, 9.17) is 5.73 Å². The number of aromatic hydroxyl groups is 1. The number of aliphatic hydroxyl groups excluding tert-OH is 1. The molecule has 0 aliphatic carbocycles. The number of aryl methyl sites for hydroxylation is 1. The summed E-state index contributed by atoms with van der Waals surface area (Å²) >= 11 is 0. The van der Waals surface area contributed by atoms with E-state index in [1.807, 2.05) is 13.0 Å². The van der Waals surface area contributed by atoms with E-state index in [1.165, 1.54) is 0 Å². The normalized spacial score (nSPS) is 12.6. The van der Waals surface area contributed by atoms with E-state index in [2.05, 4.69) is 6.92 Å². The maximum atomic E-state index is 10.1. The van der Waals surface area contributed by atoms with Crippen molar-refractivity contribution in [1.29, 1.82) is 0 Å². The van der Waals surface area contributed by atoms with Crippen LogP contribution >= 0.6 is 0 Å². The van der Waals surface area contributed by atoms with Crippen molar-refractivity contribution in [3.8, 4) is 5.75 Å². The Hall–Kier alpha value is -1.22. The van der Waals surface area contributed by atoms with E-state index in [1.54, 1.807) is 6.07 Å². The summed E-state index contributed by atoms with van der Waals surface area (Å²) in [6, 6.07) is 3.61. The average Bonchev–Trinajstić information content (AvgIpc) is 2.32. The van der Waals surface area contributed by atoms with Crippen LogP contribution in [0.3, 0.4) is 0 Å². The van der Waals surface area contributed by atoms with Crippen molar-refractivity contribution in [2.75, 3.05) is 5.73 Å². The number of nitrogen functional groups attached to an aromatic ring is 1. The molecule has 96 valence electrons. The third-order valence-electron chi connectivity index (χ3n) is 3.08. The summed E-state index contributed by atoms with van der Waals surface area (Å²) < 4.78 is 0. The third kappa shape index (κ3) is 3.63. The van der Waals surface area contributed by atoms with Crippen molar-refractivity contribution < 1.29 is 10.2 Å². The maximum Gasteiger partial charge on any atom is 0.144 e. The monoisotopic (exact) mass is 237 g/mol. The summed E-state index contributed by atoms with van der Waals surface area (Å²) in [6.07, 6.45) is 4.09. The van der Waals surface area contributed by atoms with E-state index in [0.29, 0.717) is 17.7 Å². The number of phenols is 1. The molecule has 1 unspecified atom stereocenters. The molecule has 1 aromatic rings. The summed E-state index contributed by atoms with van der Waals surface area (Å²) in [6.45, 7) is 4.15. The highest BCUT2D eigenvalue weighted by Crippen LogP contribution is 2.33. The fourth-order valence-electron chi connectivity index (χ4n) is 1.95. The Morgan fingerprint density at radius 3 is 2.53 bits per heavy atom. The minimum atomic E-state index is -0.615. The van der Waals surface area contributed by atoms with Crippen molar-refractivity contribution in [3.05, 3.63) is 23.3 Å². The molecule has 0 aliphatic rings. The van der Waals surface area contributed by atoms with Gasteiger partial charge in [0.25, 0.3) is 0 Å². The number of nitrogens with two attached hydrogens (primary N) is 1. The molecule has 1 aromatic carbocycles. The lowest BCUT2D eigenvalue weighted by molar-refractivity contribution is 0.160. The number of anilines is 1. The first-order valence-corrected chi connectivity index (χ1v) is 6.39. The van der Waals surface area contributed by atoms with Crippen molar-refractivity contribution in [2.45, 2.75) is 52.1 Å². The van der Waals surface area contributed by atoms with Crippen LogP contribution in [0.4, 0.5) is 5.69 Å². The van der Waals surface area contributed by atoms with Crippen LogP contribution in [0.25, 0.3) is 0 Å². The molecule has 0 spiro atoms. The molecule has 4 N–H and O–H groups in total. The SMILES string of the molecule is CCCCCC(O)c1cc(CC)cc(N)c1O. The number of aliphatic hydroxyl groups is 1. The van der Waals surface area contributed by atoms with Crippen LogP contribution in [0.15, 0.2) is 12.1 Å². The first kappa shape index (κ1) is 13.8. The molecule has 1 atom stereocenters. The van der Waals surface area contributed by atoms with Crippen LogP contribution in [-0.2, 0) is 6.42 Å². The second-order valence-corrected chi connectivity index (χ2v) is 4.49. The predicted octanol–water partition coefficient (Wildman–Crippen LogP) is 3.15. The van der Waals surface area contributed by atoms with Crippen molar-refractivity contribution in [3.63, 3.8) is 0 Å². The molecule has 0 saturated carbocycles. The van der Waals surface area contributed by atoms with Gasteiger partial charge in [-0.1, -0.05) is 33.1 Å². The van der Waals surface area contributed by atoms with Crippen LogP contribution < -0.4 is 5.73 Å². The average molecular weight is 237 g/mol. The molecular weight excluding hydrogens is 214 g/mol. The number of rotatable bonds is 6. The number of unbranched alkanes of at least 4 members (excludes halogenated alkanes) is 2. The van der Waals surface area contributed by atoms with Crippen LogP contribution in [0, 0.1) is 0 Å². The second kappa shape index (κ2) is 6.50. The molecule has 0 saturated heterocycles. The molecule has 0 amide bonds. The van der Waals surface area contributed by atoms with E-state index < -0.39 is 6.10 Å². The minimum absolute atomic E-state index is 0.0335. The van der Waals surface area contributed by atoms with Gasteiger partial charge in [0.15, 0.2) is 0 Å². The Balaban J connectivity index is 2.84. The molecule has 0 heterocycles. The lowest BCUT2D eigenvalue weighted by Crippen LogP contribution is -2.01. The zero-order chi connectivity index (χ0) is 12.8.